The number of carbonyl (C=O) groups excluding carboxylic acids is 1. The van der Waals surface area contributed by atoms with E-state index in [1.807, 2.05) is 4.72 Å². The zero-order valence-corrected chi connectivity index (χ0v) is 29.5. The van der Waals surface area contributed by atoms with E-state index in [-0.39, 0.29) is 11.5 Å². The van der Waals surface area contributed by atoms with Crippen molar-refractivity contribution in [3.63, 3.8) is 0 Å². The van der Waals surface area contributed by atoms with Gasteiger partial charge in [-0.25, -0.2) is 17.9 Å². The number of unbranched alkanes of at least 4 members (excludes halogenated alkanes) is 9. The second-order valence-corrected chi connectivity index (χ2v) is 15.5. The van der Waals surface area contributed by atoms with Crippen molar-refractivity contribution in [2.45, 2.75) is 145 Å². The Morgan fingerprint density at radius 3 is 2.17 bits per heavy atom. The lowest BCUT2D eigenvalue weighted by atomic mass is 10.0. The number of rotatable bonds is 18. The van der Waals surface area contributed by atoms with E-state index >= 15 is 0 Å². The highest BCUT2D eigenvalue weighted by molar-refractivity contribution is 7.90. The van der Waals surface area contributed by atoms with E-state index in [1.54, 1.807) is 13.8 Å². The summed E-state index contributed by atoms with van der Waals surface area (Å²) >= 11 is 5.91. The summed E-state index contributed by atoms with van der Waals surface area (Å²) in [6, 6.07) is 5.54. The number of ether oxygens (including phenoxy) is 5. The van der Waals surface area contributed by atoms with Crippen LogP contribution < -0.4 is 4.72 Å². The average Bonchev–Trinajstić information content (AvgIpc) is 3.24. The van der Waals surface area contributed by atoms with E-state index in [2.05, 4.69) is 11.8 Å². The second-order valence-electron chi connectivity index (χ2n) is 13.4. The van der Waals surface area contributed by atoms with Gasteiger partial charge in [-0.3, -0.25) is 0 Å². The Kier molecular flexibility index (Phi) is 14.4. The van der Waals surface area contributed by atoms with Crippen LogP contribution in [0.2, 0.25) is 5.02 Å². The van der Waals surface area contributed by atoms with Crippen molar-refractivity contribution in [1.82, 2.24) is 9.62 Å². The molecule has 0 unspecified atom stereocenters. The zero-order chi connectivity index (χ0) is 33.0. The van der Waals surface area contributed by atoms with Crippen LogP contribution in [-0.4, -0.2) is 82.1 Å². The van der Waals surface area contributed by atoms with E-state index in [1.165, 1.54) is 88.5 Å². The molecule has 46 heavy (non-hydrogen) atoms. The summed E-state index contributed by atoms with van der Waals surface area (Å²) in [6.45, 7) is 8.78. The number of benzene rings is 1. The van der Waals surface area contributed by atoms with Crippen LogP contribution >= 0.6 is 11.6 Å². The summed E-state index contributed by atoms with van der Waals surface area (Å²) in [5, 5.41) is 0.383. The van der Waals surface area contributed by atoms with Crippen molar-refractivity contribution in [3.8, 4) is 0 Å². The molecule has 1 aromatic rings. The molecule has 12 heteroatoms. The van der Waals surface area contributed by atoms with Crippen LogP contribution in [0.4, 0.5) is 4.79 Å². The number of sulfonamides is 1. The summed E-state index contributed by atoms with van der Waals surface area (Å²) in [7, 11) is -4.19. The van der Waals surface area contributed by atoms with Crippen molar-refractivity contribution < 1.29 is 36.9 Å². The number of hydrogen-bond acceptors (Lipinski definition) is 9. The van der Waals surface area contributed by atoms with Crippen LogP contribution in [0.1, 0.15) is 111 Å². The minimum absolute atomic E-state index is 0.103. The maximum atomic E-state index is 13.1. The maximum Gasteiger partial charge on any atom is 0.421 e. The lowest BCUT2D eigenvalue weighted by Gasteiger charge is -2.31. The third kappa shape index (κ3) is 11.0. The standard InChI is InChI=1S/C34H55ClN2O8S/c1-4-5-6-7-8-9-10-11-14-17-24-41-26-34-31(44-33(2,3)45-34)30(29(43-34)25-37-22-15-12-13-16-23-37)42-32(38)36-46(39,40)28-20-18-27(35)19-21-28/h18-21,29-31H,4-17,22-26H2,1-3H3,(H,36,38)/t29-,30+,31-,34-/m0/s1. The SMILES string of the molecule is CCCCCCCCCCCCOC[C@@]12O[C@@H](CN3CCCCCC3)[C@@H](OC(=O)NS(=O)(=O)c3ccc(Cl)cc3)[C@@H]1OC(C)(C)O2. The minimum Gasteiger partial charge on any atom is -0.440 e. The molecule has 0 radical (unpaired) electrons. The minimum atomic E-state index is -4.19. The van der Waals surface area contributed by atoms with E-state index in [4.69, 9.17) is 35.3 Å². The molecule has 3 aliphatic heterocycles. The van der Waals surface area contributed by atoms with E-state index in [0.29, 0.717) is 18.2 Å². The Hall–Kier alpha value is -1.47. The maximum absolute atomic E-state index is 13.1. The molecule has 3 fully saturated rings. The Balaban J connectivity index is 1.37. The van der Waals surface area contributed by atoms with Crippen molar-refractivity contribution in [3.05, 3.63) is 29.3 Å². The number of halogens is 1. The van der Waals surface area contributed by atoms with Gasteiger partial charge in [-0.05, 0) is 70.5 Å². The zero-order valence-electron chi connectivity index (χ0n) is 28.0. The Morgan fingerprint density at radius 1 is 0.935 bits per heavy atom. The first kappa shape index (κ1) is 37.4. The number of fused-ring (bicyclic) bond motifs is 1. The second kappa shape index (κ2) is 17.8. The summed E-state index contributed by atoms with van der Waals surface area (Å²) in [6.07, 6.45) is 13.4. The summed E-state index contributed by atoms with van der Waals surface area (Å²) in [5.41, 5.74) is 0. The van der Waals surface area contributed by atoms with Gasteiger partial charge in [0.2, 0.25) is 5.79 Å². The first-order chi connectivity index (χ1) is 22.0. The molecule has 1 N–H and O–H groups in total. The number of nitrogens with one attached hydrogen (secondary N) is 1. The van der Waals surface area contributed by atoms with Gasteiger partial charge in [0, 0.05) is 18.2 Å². The topological polar surface area (TPSA) is 113 Å². The fraction of sp³-hybridized carbons (Fsp3) is 0.794. The van der Waals surface area contributed by atoms with Crippen LogP contribution in [0.15, 0.2) is 29.2 Å². The molecule has 0 spiro atoms. The van der Waals surface area contributed by atoms with Gasteiger partial charge in [-0.15, -0.1) is 0 Å². The van der Waals surface area contributed by atoms with Crippen molar-refractivity contribution in [1.29, 1.82) is 0 Å². The molecule has 0 aliphatic carbocycles. The molecule has 4 rings (SSSR count). The molecule has 3 heterocycles. The number of likely N-dealkylation sites (tertiary alicyclic amines) is 1. The molecule has 1 amide bonds. The summed E-state index contributed by atoms with van der Waals surface area (Å²) in [4.78, 5) is 15.3. The van der Waals surface area contributed by atoms with Crippen LogP contribution in [-0.2, 0) is 33.7 Å². The quantitative estimate of drug-likeness (QED) is 0.160. The summed E-state index contributed by atoms with van der Waals surface area (Å²) in [5.74, 6) is -2.31. The molecular formula is C34H55ClN2O8S. The number of nitrogens with zero attached hydrogens (tertiary/aromatic N) is 1. The molecule has 0 saturated carbocycles. The molecule has 1 aromatic carbocycles. The molecule has 4 atom stereocenters. The van der Waals surface area contributed by atoms with Gasteiger partial charge in [0.05, 0.1) is 4.90 Å². The van der Waals surface area contributed by atoms with E-state index in [0.717, 1.165) is 38.8 Å². The highest BCUT2D eigenvalue weighted by atomic mass is 35.5. The third-order valence-electron chi connectivity index (χ3n) is 8.95. The molecule has 3 aliphatic rings. The Labute approximate surface area is 281 Å². The number of hydrogen-bond donors (Lipinski definition) is 1. The monoisotopic (exact) mass is 686 g/mol. The normalized spacial score (nSPS) is 26.5. The number of amides is 1. The van der Waals surface area contributed by atoms with E-state index in [9.17, 15) is 13.2 Å². The molecule has 0 aromatic heterocycles. The molecule has 3 saturated heterocycles. The van der Waals surface area contributed by atoms with E-state index < -0.39 is 46.0 Å². The Bertz CT molecular complexity index is 1180. The average molecular weight is 687 g/mol. The van der Waals surface area contributed by atoms with Crippen LogP contribution in [0, 0.1) is 0 Å². The lowest BCUT2D eigenvalue weighted by Crippen LogP contribution is -2.47. The van der Waals surface area contributed by atoms with Gasteiger partial charge in [-0.1, -0.05) is 89.2 Å². The predicted molar refractivity (Wildman–Crippen MR) is 177 cm³/mol. The fourth-order valence-electron chi connectivity index (χ4n) is 6.65. The van der Waals surface area contributed by atoms with Crippen LogP contribution in [0.3, 0.4) is 0 Å². The van der Waals surface area contributed by atoms with Gasteiger partial charge < -0.3 is 28.6 Å². The van der Waals surface area contributed by atoms with Gasteiger partial charge in [0.15, 0.2) is 18.0 Å². The van der Waals surface area contributed by atoms with Gasteiger partial charge >= 0.3 is 6.09 Å². The van der Waals surface area contributed by atoms with Gasteiger partial charge in [-0.2, -0.15) is 0 Å². The smallest absolute Gasteiger partial charge is 0.421 e. The van der Waals surface area contributed by atoms with Gasteiger partial charge in [0.25, 0.3) is 10.0 Å². The lowest BCUT2D eigenvalue weighted by molar-refractivity contribution is -0.279. The fourth-order valence-corrected chi connectivity index (χ4v) is 7.66. The molecule has 262 valence electrons. The first-order valence-electron chi connectivity index (χ1n) is 17.4. The van der Waals surface area contributed by atoms with Crippen molar-refractivity contribution in [2.24, 2.45) is 0 Å². The summed E-state index contributed by atoms with van der Waals surface area (Å²) < 4.78 is 59.2. The third-order valence-corrected chi connectivity index (χ3v) is 10.5. The van der Waals surface area contributed by atoms with Crippen molar-refractivity contribution in [2.75, 3.05) is 32.8 Å². The predicted octanol–water partition coefficient (Wildman–Crippen LogP) is 7.18. The Morgan fingerprint density at radius 2 is 1.54 bits per heavy atom. The largest absolute Gasteiger partial charge is 0.440 e. The van der Waals surface area contributed by atoms with Crippen LogP contribution in [0.5, 0.6) is 0 Å². The number of carbonyl (C=O) groups is 1. The van der Waals surface area contributed by atoms with Crippen molar-refractivity contribution >= 4 is 27.7 Å². The molecular weight excluding hydrogens is 632 g/mol. The first-order valence-corrected chi connectivity index (χ1v) is 19.2. The molecule has 10 nitrogen and oxygen atoms in total. The highest BCUT2D eigenvalue weighted by Crippen LogP contribution is 2.47. The molecule has 0 bridgehead atoms. The van der Waals surface area contributed by atoms with Gasteiger partial charge in [0.1, 0.15) is 12.7 Å². The van der Waals surface area contributed by atoms with Crippen LogP contribution in [0.25, 0.3) is 0 Å². The highest BCUT2D eigenvalue weighted by Gasteiger charge is 2.66.